The predicted molar refractivity (Wildman–Crippen MR) is 244 cm³/mol. The molecule has 4 aliphatic rings. The number of carbonyl (C=O) groups excluding carboxylic acids is 4. The minimum absolute atomic E-state index is 0.0403. The Hall–Kier alpha value is -6.85. The Labute approximate surface area is 383 Å². The van der Waals surface area contributed by atoms with Gasteiger partial charge in [-0.3, -0.25) is 24.3 Å². The van der Waals surface area contributed by atoms with Crippen molar-refractivity contribution >= 4 is 29.6 Å². The monoisotopic (exact) mass is 888 g/mol. The number of pyridine rings is 1. The number of anilines is 1. The number of phenols is 1. The summed E-state index contributed by atoms with van der Waals surface area (Å²) in [7, 11) is 1.46. The third kappa shape index (κ3) is 8.21. The maximum absolute atomic E-state index is 16.3. The molecule has 4 heterocycles. The van der Waals surface area contributed by atoms with Gasteiger partial charge < -0.3 is 29.7 Å². The van der Waals surface area contributed by atoms with E-state index in [1.807, 2.05) is 77.7 Å². The van der Waals surface area contributed by atoms with Crippen LogP contribution in [-0.4, -0.2) is 82.5 Å². The fourth-order valence-corrected chi connectivity index (χ4v) is 10.5. The quantitative estimate of drug-likeness (QED) is 0.0570. The highest BCUT2D eigenvalue weighted by atomic mass is 16.6. The molecule has 1 saturated carbocycles. The molecular formula is C53H52N4O9. The molecule has 338 valence electrons. The Morgan fingerprint density at radius 1 is 0.833 bits per heavy atom. The first-order valence-corrected chi connectivity index (χ1v) is 22.6. The van der Waals surface area contributed by atoms with Crippen LogP contribution in [-0.2, 0) is 40.4 Å². The van der Waals surface area contributed by atoms with Crippen molar-refractivity contribution in [3.63, 3.8) is 0 Å². The van der Waals surface area contributed by atoms with Gasteiger partial charge in [0.25, 0.3) is 0 Å². The zero-order chi connectivity index (χ0) is 45.8. The summed E-state index contributed by atoms with van der Waals surface area (Å²) >= 11 is 0. The smallest absolute Gasteiger partial charge is 0.421 e. The van der Waals surface area contributed by atoms with Crippen LogP contribution in [0.1, 0.15) is 90.2 Å². The van der Waals surface area contributed by atoms with Gasteiger partial charge in [0.05, 0.1) is 30.3 Å². The molecule has 1 spiro atoms. The number of benzene rings is 4. The number of rotatable bonds is 10. The van der Waals surface area contributed by atoms with Crippen LogP contribution in [0.25, 0.3) is 0 Å². The number of carbonyl (C=O) groups is 4. The number of esters is 1. The lowest BCUT2D eigenvalue weighted by Crippen LogP contribution is -2.56. The number of fused-ring (bicyclic) bond motifs is 3. The number of phenolic OH excluding ortho intramolecular Hbond substituents is 1. The highest BCUT2D eigenvalue weighted by molar-refractivity contribution is 6.23. The van der Waals surface area contributed by atoms with Gasteiger partial charge in [0.1, 0.15) is 35.5 Å². The van der Waals surface area contributed by atoms with Gasteiger partial charge in [0.15, 0.2) is 0 Å². The molecule has 13 nitrogen and oxygen atoms in total. The molecule has 13 heteroatoms. The van der Waals surface area contributed by atoms with Gasteiger partial charge in [-0.1, -0.05) is 104 Å². The normalized spacial score (nSPS) is 24.3. The molecule has 6 atom stereocenters. The van der Waals surface area contributed by atoms with E-state index in [2.05, 4.69) is 22.1 Å². The highest BCUT2D eigenvalue weighted by Crippen LogP contribution is 2.66. The average Bonchev–Trinajstić information content (AvgIpc) is 3.67. The summed E-state index contributed by atoms with van der Waals surface area (Å²) in [4.78, 5) is 68.9. The van der Waals surface area contributed by atoms with Crippen LogP contribution in [0.4, 0.5) is 10.5 Å². The number of nitrogens with one attached hydrogen (secondary N) is 1. The predicted octanol–water partition coefficient (Wildman–Crippen LogP) is 7.03. The first kappa shape index (κ1) is 44.4. The number of imide groups is 1. The Balaban J connectivity index is 1.31. The number of aliphatic hydroxyl groups is 1. The SMILES string of the molecule is COCCOC(=O)N1C(=O)C2(c3cc(C#CC4(O)CCCCCC4)ccc31)C(C(=O)NCCc1ccccn1)C1C(=O)OC(c3ccccc3)C(c3ccccc3)N1C2c1ccc(O)cc1. The van der Waals surface area contributed by atoms with Crippen LogP contribution < -0.4 is 10.2 Å². The molecule has 0 radical (unpaired) electrons. The van der Waals surface area contributed by atoms with Gasteiger partial charge in [-0.15, -0.1) is 0 Å². The van der Waals surface area contributed by atoms with Crippen molar-refractivity contribution in [3.05, 3.63) is 161 Å². The molecular weight excluding hydrogens is 837 g/mol. The number of morpholine rings is 1. The van der Waals surface area contributed by atoms with E-state index in [1.165, 1.54) is 19.2 Å². The third-order valence-electron chi connectivity index (χ3n) is 13.4. The Kier molecular flexibility index (Phi) is 12.7. The minimum atomic E-state index is -2.04. The van der Waals surface area contributed by atoms with Crippen molar-refractivity contribution in [3.8, 4) is 17.6 Å². The van der Waals surface area contributed by atoms with Crippen molar-refractivity contribution in [1.82, 2.24) is 15.2 Å². The molecule has 4 aromatic carbocycles. The Morgan fingerprint density at radius 3 is 2.21 bits per heavy atom. The standard InChI is InChI=1S/C53H52N4O9/c1-64-32-33-65-51(62)56-42-24-19-35(25-29-52(63)27-11-2-3-12-28-52)34-41(42)53(50(56)61)43(48(59)55-31-26-39-18-10-13-30-54-39)45-49(60)66-46(37-16-8-5-9-17-37)44(36-14-6-4-7-15-36)57(45)47(53)38-20-22-40(58)23-21-38/h4-10,13-24,30,34,43-47,58,63H,2-3,11-12,26-28,31-33H2,1H3,(H,55,59). The maximum atomic E-state index is 16.3. The number of ether oxygens (including phenoxy) is 3. The Bertz CT molecular complexity index is 2630. The molecule has 0 bridgehead atoms. The summed E-state index contributed by atoms with van der Waals surface area (Å²) in [6.45, 7) is -0.00294. The Morgan fingerprint density at radius 2 is 1.53 bits per heavy atom. The van der Waals surface area contributed by atoms with E-state index in [-0.39, 0.29) is 36.8 Å². The summed E-state index contributed by atoms with van der Waals surface area (Å²) in [5.41, 5.74) is 0.235. The molecule has 66 heavy (non-hydrogen) atoms. The topological polar surface area (TPSA) is 168 Å². The minimum Gasteiger partial charge on any atom is -0.508 e. The number of methoxy groups -OCH3 is 1. The molecule has 3 fully saturated rings. The van der Waals surface area contributed by atoms with Crippen molar-refractivity contribution in [2.24, 2.45) is 5.92 Å². The zero-order valence-corrected chi connectivity index (χ0v) is 36.7. The van der Waals surface area contributed by atoms with Gasteiger partial charge >= 0.3 is 12.1 Å². The second kappa shape index (κ2) is 18.9. The number of aromatic hydroxyl groups is 1. The number of hydrogen-bond donors (Lipinski definition) is 3. The molecule has 9 rings (SSSR count). The molecule has 3 amide bonds. The summed E-state index contributed by atoms with van der Waals surface area (Å²) in [6.07, 6.45) is 4.81. The first-order valence-electron chi connectivity index (χ1n) is 22.6. The zero-order valence-electron chi connectivity index (χ0n) is 36.7. The van der Waals surface area contributed by atoms with E-state index in [4.69, 9.17) is 14.2 Å². The van der Waals surface area contributed by atoms with Gasteiger partial charge in [-0.05, 0) is 90.4 Å². The summed E-state index contributed by atoms with van der Waals surface area (Å²) in [5.74, 6) is 2.64. The maximum Gasteiger partial charge on any atom is 0.421 e. The van der Waals surface area contributed by atoms with Crippen LogP contribution in [0.2, 0.25) is 0 Å². The van der Waals surface area contributed by atoms with Crippen LogP contribution in [0.5, 0.6) is 5.75 Å². The lowest BCUT2D eigenvalue weighted by Gasteiger charge is -2.46. The van der Waals surface area contributed by atoms with Crippen LogP contribution >= 0.6 is 0 Å². The van der Waals surface area contributed by atoms with Crippen LogP contribution in [0.3, 0.4) is 0 Å². The van der Waals surface area contributed by atoms with Crippen LogP contribution in [0.15, 0.2) is 128 Å². The van der Waals surface area contributed by atoms with E-state index in [1.54, 1.807) is 42.6 Å². The average molecular weight is 889 g/mol. The van der Waals surface area contributed by atoms with Gasteiger partial charge in [-0.25, -0.2) is 9.69 Å². The van der Waals surface area contributed by atoms with Crippen molar-refractivity contribution in [2.75, 3.05) is 31.8 Å². The van der Waals surface area contributed by atoms with Gasteiger partial charge in [-0.2, -0.15) is 0 Å². The van der Waals surface area contributed by atoms with E-state index in [0.29, 0.717) is 36.0 Å². The van der Waals surface area contributed by atoms with Gasteiger partial charge in [0, 0.05) is 37.5 Å². The molecule has 3 aliphatic heterocycles. The number of hydrogen-bond acceptors (Lipinski definition) is 11. The van der Waals surface area contributed by atoms with E-state index < -0.39 is 65.0 Å². The van der Waals surface area contributed by atoms with Crippen LogP contribution in [0, 0.1) is 17.8 Å². The van der Waals surface area contributed by atoms with Crippen molar-refractivity contribution in [2.45, 2.75) is 80.2 Å². The summed E-state index contributed by atoms with van der Waals surface area (Å²) < 4.78 is 17.4. The number of cyclic esters (lactones) is 1. The number of nitrogens with zero attached hydrogens (tertiary/aromatic N) is 3. The fraction of sp³-hybridized carbons (Fsp3) is 0.340. The fourth-order valence-electron chi connectivity index (χ4n) is 10.5. The third-order valence-corrected chi connectivity index (χ3v) is 13.4. The number of aromatic nitrogens is 1. The second-order valence-corrected chi connectivity index (χ2v) is 17.4. The molecule has 1 aliphatic carbocycles. The summed E-state index contributed by atoms with van der Waals surface area (Å²) in [5, 5.41) is 25.4. The summed E-state index contributed by atoms with van der Waals surface area (Å²) in [6, 6.07) is 32.3. The molecule has 5 aromatic rings. The molecule has 3 N–H and O–H groups in total. The van der Waals surface area contributed by atoms with Crippen molar-refractivity contribution < 1.29 is 43.6 Å². The lowest BCUT2D eigenvalue weighted by molar-refractivity contribution is -0.178. The molecule has 2 saturated heterocycles. The largest absolute Gasteiger partial charge is 0.508 e. The van der Waals surface area contributed by atoms with E-state index >= 15 is 14.4 Å². The van der Waals surface area contributed by atoms with Crippen molar-refractivity contribution in [1.29, 1.82) is 0 Å². The second-order valence-electron chi connectivity index (χ2n) is 17.4. The highest BCUT2D eigenvalue weighted by Gasteiger charge is 2.75. The first-order chi connectivity index (χ1) is 32.1. The number of amides is 3. The van der Waals surface area contributed by atoms with E-state index in [0.717, 1.165) is 41.8 Å². The molecule has 6 unspecified atom stereocenters. The van der Waals surface area contributed by atoms with Gasteiger partial charge in [0.2, 0.25) is 11.8 Å². The molecule has 1 aromatic heterocycles. The lowest BCUT2D eigenvalue weighted by atomic mass is 9.65. The van der Waals surface area contributed by atoms with E-state index in [9.17, 15) is 15.0 Å².